The van der Waals surface area contributed by atoms with Gasteiger partial charge in [0.25, 0.3) is 0 Å². The molecule has 0 saturated heterocycles. The molecule has 0 bridgehead atoms. The largest absolute Gasteiger partial charge is 0.472 e. The monoisotopic (exact) mass is 976 g/mol. The lowest BCUT2D eigenvalue weighted by molar-refractivity contribution is -0.870. The Kier molecular flexibility index (Phi) is 46.8. The summed E-state index contributed by atoms with van der Waals surface area (Å²) in [6.45, 7) is 4.60. The number of phosphoric ester groups is 1. The summed E-state index contributed by atoms with van der Waals surface area (Å²) in [5.41, 5.74) is 0. The zero-order valence-electron chi connectivity index (χ0n) is 44.2. The molecule has 1 amide bonds. The molecule has 0 heterocycles. The first kappa shape index (κ1) is 65.4. The van der Waals surface area contributed by atoms with E-state index in [2.05, 4.69) is 153 Å². The highest BCUT2D eigenvalue weighted by molar-refractivity contribution is 7.47. The number of unbranched alkanes of at least 4 members (excludes halogenated alkanes) is 11. The summed E-state index contributed by atoms with van der Waals surface area (Å²) in [4.78, 5) is 23.1. The van der Waals surface area contributed by atoms with Crippen molar-refractivity contribution in [2.45, 2.75) is 187 Å². The van der Waals surface area contributed by atoms with Crippen molar-refractivity contribution >= 4 is 13.7 Å². The maximum Gasteiger partial charge on any atom is 0.472 e. The van der Waals surface area contributed by atoms with Crippen molar-refractivity contribution in [3.05, 3.63) is 146 Å². The third kappa shape index (κ3) is 52.0. The average molecular weight is 976 g/mol. The molecule has 69 heavy (non-hydrogen) atoms. The fourth-order valence-corrected chi connectivity index (χ4v) is 7.37. The van der Waals surface area contributed by atoms with Crippen molar-refractivity contribution in [2.24, 2.45) is 0 Å². The normalized spacial score (nSPS) is 15.2. The maximum absolute atomic E-state index is 12.9. The minimum Gasteiger partial charge on any atom is -0.387 e. The molecular formula is C60H100N2O6P+. The molecule has 3 atom stereocenters. The molecule has 0 saturated carbocycles. The highest BCUT2D eigenvalue weighted by atomic mass is 31.2. The van der Waals surface area contributed by atoms with Crippen LogP contribution in [-0.2, 0) is 18.4 Å². The van der Waals surface area contributed by atoms with Gasteiger partial charge in [-0.15, -0.1) is 0 Å². The first-order chi connectivity index (χ1) is 33.5. The Morgan fingerprint density at radius 1 is 0.507 bits per heavy atom. The number of amides is 1. The zero-order chi connectivity index (χ0) is 50.6. The van der Waals surface area contributed by atoms with E-state index in [0.717, 1.165) is 128 Å². The van der Waals surface area contributed by atoms with Crippen LogP contribution >= 0.6 is 7.82 Å². The van der Waals surface area contributed by atoms with Crippen LogP contribution in [0.1, 0.15) is 174 Å². The van der Waals surface area contributed by atoms with Crippen molar-refractivity contribution in [2.75, 3.05) is 40.9 Å². The van der Waals surface area contributed by atoms with Gasteiger partial charge in [-0.2, -0.15) is 0 Å². The van der Waals surface area contributed by atoms with E-state index in [9.17, 15) is 19.4 Å². The predicted molar refractivity (Wildman–Crippen MR) is 299 cm³/mol. The molecule has 0 aliphatic carbocycles. The summed E-state index contributed by atoms with van der Waals surface area (Å²) in [7, 11) is 1.53. The third-order valence-electron chi connectivity index (χ3n) is 10.8. The van der Waals surface area contributed by atoms with E-state index in [1.165, 1.54) is 25.7 Å². The van der Waals surface area contributed by atoms with Crippen LogP contribution in [0.2, 0.25) is 0 Å². The topological polar surface area (TPSA) is 105 Å². The van der Waals surface area contributed by atoms with E-state index in [1.54, 1.807) is 6.08 Å². The average Bonchev–Trinajstić information content (AvgIpc) is 3.31. The minimum absolute atomic E-state index is 0.0491. The van der Waals surface area contributed by atoms with Crippen LogP contribution in [0.3, 0.4) is 0 Å². The first-order valence-corrected chi connectivity index (χ1v) is 28.2. The van der Waals surface area contributed by atoms with E-state index >= 15 is 0 Å². The second kappa shape index (κ2) is 49.4. The Balaban J connectivity index is 4.12. The number of likely N-dealkylation sites (N-methyl/N-ethyl adjacent to an activating group) is 1. The van der Waals surface area contributed by atoms with E-state index in [4.69, 9.17) is 9.05 Å². The van der Waals surface area contributed by atoms with Crippen LogP contribution in [0.15, 0.2) is 146 Å². The molecule has 8 nitrogen and oxygen atoms in total. The van der Waals surface area contributed by atoms with Gasteiger partial charge in [0.1, 0.15) is 13.2 Å². The first-order valence-electron chi connectivity index (χ1n) is 26.7. The number of hydrogen-bond acceptors (Lipinski definition) is 5. The molecule has 0 radical (unpaired) electrons. The lowest BCUT2D eigenvalue weighted by atomic mass is 10.1. The Hall–Kier alpha value is -3.62. The van der Waals surface area contributed by atoms with Gasteiger partial charge in [-0.1, -0.05) is 211 Å². The highest BCUT2D eigenvalue weighted by Gasteiger charge is 2.27. The fraction of sp³-hybridized carbons (Fsp3) is 0.583. The van der Waals surface area contributed by atoms with Crippen molar-refractivity contribution in [3.63, 3.8) is 0 Å². The number of nitrogens with zero attached hydrogens (tertiary/aromatic N) is 1. The molecule has 0 spiro atoms. The Bertz CT molecular complexity index is 1620. The molecule has 0 rings (SSSR count). The number of nitrogens with one attached hydrogen (secondary N) is 1. The van der Waals surface area contributed by atoms with Crippen LogP contribution in [0.25, 0.3) is 0 Å². The predicted octanol–water partition coefficient (Wildman–Crippen LogP) is 16.1. The van der Waals surface area contributed by atoms with Crippen molar-refractivity contribution < 1.29 is 32.9 Å². The number of aliphatic hydroxyl groups excluding tert-OH is 1. The summed E-state index contributed by atoms with van der Waals surface area (Å²) in [5.74, 6) is -0.207. The van der Waals surface area contributed by atoms with Gasteiger partial charge in [-0.05, 0) is 103 Å². The standard InChI is InChI=1S/C60H99N2O6P/c1-6-8-10-12-14-16-17-18-19-20-21-22-23-24-25-26-27-28-29-30-31-32-33-34-35-36-37-38-39-40-41-42-43-44-45-46-48-50-52-54-60(64)61-58(57-68-69(65,66)67-56-55-62(3,4)5)59(63)53-51-49-47-15-13-11-9-7-2/h8,10,14,16,18-19,21-22,24-25,27-28,30-31,33-34,36-37,39-40,42-43,51,53,58-59,63H,6-7,9,11-13,15,17,20,23,26,29,32,35,38,41,44-50,52,54-57H2,1-5H3,(H-,61,64,65,66)/p+1/b10-8-,16-14-,19-18-,22-21-,25-24-,28-27-,31-30-,34-33-,37-36-,40-39-,43-42-,53-51+. The molecule has 3 N–H and O–H groups in total. The molecule has 0 aromatic carbocycles. The van der Waals surface area contributed by atoms with Crippen LogP contribution in [0.5, 0.6) is 0 Å². The zero-order valence-corrected chi connectivity index (χ0v) is 45.1. The maximum atomic E-state index is 12.9. The molecule has 0 aliphatic heterocycles. The molecule has 9 heteroatoms. The number of allylic oxidation sites excluding steroid dienone is 23. The van der Waals surface area contributed by atoms with Crippen molar-refractivity contribution in [1.82, 2.24) is 5.32 Å². The second-order valence-electron chi connectivity index (χ2n) is 18.5. The van der Waals surface area contributed by atoms with Gasteiger partial charge in [-0.25, -0.2) is 4.57 Å². The molecule has 0 fully saturated rings. The molecular weight excluding hydrogens is 876 g/mol. The summed E-state index contributed by atoms with van der Waals surface area (Å²) in [6.07, 6.45) is 76.8. The Morgan fingerprint density at radius 3 is 1.28 bits per heavy atom. The fourth-order valence-electron chi connectivity index (χ4n) is 6.63. The number of carbonyl (C=O) groups excluding carboxylic acids is 1. The lowest BCUT2D eigenvalue weighted by Gasteiger charge is -2.25. The molecule has 0 aromatic rings. The molecule has 0 aliphatic rings. The quantitative estimate of drug-likeness (QED) is 0.0243. The number of rotatable bonds is 46. The van der Waals surface area contributed by atoms with Crippen LogP contribution in [0.4, 0.5) is 0 Å². The van der Waals surface area contributed by atoms with Gasteiger partial charge in [-0.3, -0.25) is 13.8 Å². The smallest absolute Gasteiger partial charge is 0.387 e. The molecule has 390 valence electrons. The number of aliphatic hydroxyl groups is 1. The number of quaternary nitrogens is 1. The summed E-state index contributed by atoms with van der Waals surface area (Å²) in [6, 6.07) is -0.865. The second-order valence-corrected chi connectivity index (χ2v) is 20.0. The van der Waals surface area contributed by atoms with Gasteiger partial charge in [0, 0.05) is 6.42 Å². The van der Waals surface area contributed by atoms with Crippen LogP contribution in [-0.4, -0.2) is 73.4 Å². The van der Waals surface area contributed by atoms with Gasteiger partial charge in [0.05, 0.1) is 39.9 Å². The van der Waals surface area contributed by atoms with Crippen LogP contribution < -0.4 is 5.32 Å². The highest BCUT2D eigenvalue weighted by Crippen LogP contribution is 2.43. The van der Waals surface area contributed by atoms with Crippen molar-refractivity contribution in [1.29, 1.82) is 0 Å². The van der Waals surface area contributed by atoms with E-state index in [0.29, 0.717) is 17.4 Å². The molecule has 3 unspecified atom stereocenters. The minimum atomic E-state index is -4.35. The number of hydrogen-bond donors (Lipinski definition) is 3. The van der Waals surface area contributed by atoms with E-state index in [1.807, 2.05) is 27.2 Å². The molecule has 0 aromatic heterocycles. The van der Waals surface area contributed by atoms with Crippen LogP contribution in [0, 0.1) is 0 Å². The Labute approximate surface area is 423 Å². The van der Waals surface area contributed by atoms with Crippen molar-refractivity contribution in [3.8, 4) is 0 Å². The lowest BCUT2D eigenvalue weighted by Crippen LogP contribution is -2.45. The summed E-state index contributed by atoms with van der Waals surface area (Å²) < 4.78 is 23.5. The van der Waals surface area contributed by atoms with E-state index in [-0.39, 0.29) is 19.1 Å². The van der Waals surface area contributed by atoms with Gasteiger partial charge in [0.15, 0.2) is 0 Å². The van der Waals surface area contributed by atoms with Gasteiger partial charge < -0.3 is 19.8 Å². The van der Waals surface area contributed by atoms with Gasteiger partial charge >= 0.3 is 7.82 Å². The summed E-state index contributed by atoms with van der Waals surface area (Å²) in [5, 5.41) is 13.7. The third-order valence-corrected chi connectivity index (χ3v) is 11.8. The number of phosphoric acid groups is 1. The number of carbonyl (C=O) groups is 1. The summed E-state index contributed by atoms with van der Waals surface area (Å²) >= 11 is 0. The Morgan fingerprint density at radius 2 is 0.870 bits per heavy atom. The SMILES string of the molecule is CC/C=C\C/C=C\C/C=C\C/C=C\C/C=C\C/C=C\C/C=C\C/C=C\C/C=C\C/C=C\C/C=C\CCCCCCCC(=O)NC(COP(=O)(O)OCC[N+](C)(C)C)C(O)/C=C/CCCCCCCC. The van der Waals surface area contributed by atoms with E-state index < -0.39 is 20.0 Å². The van der Waals surface area contributed by atoms with Gasteiger partial charge in [0.2, 0.25) is 5.91 Å².